The fourth-order valence-electron chi connectivity index (χ4n) is 2.91. The van der Waals surface area contributed by atoms with Gasteiger partial charge in [-0.3, -0.25) is 4.79 Å². The molecule has 1 atom stereocenters. The van der Waals surface area contributed by atoms with Crippen LogP contribution in [0.25, 0.3) is 5.57 Å². The van der Waals surface area contributed by atoms with Gasteiger partial charge in [0.1, 0.15) is 0 Å². The fraction of sp³-hybridized carbons (Fsp3) is 0.438. The van der Waals surface area contributed by atoms with Crippen molar-refractivity contribution >= 4 is 11.5 Å². The second kappa shape index (κ2) is 4.97. The van der Waals surface area contributed by atoms with Crippen molar-refractivity contribution in [3.63, 3.8) is 0 Å². The Kier molecular flexibility index (Phi) is 3.55. The molecule has 0 aliphatic heterocycles. The van der Waals surface area contributed by atoms with Gasteiger partial charge in [-0.15, -0.1) is 0 Å². The Morgan fingerprint density at radius 2 is 2.00 bits per heavy atom. The van der Waals surface area contributed by atoms with Crippen molar-refractivity contribution < 1.29 is 9.90 Å². The number of hydrogen-bond acceptors (Lipinski definition) is 1. The van der Waals surface area contributed by atoms with Crippen LogP contribution in [-0.4, -0.2) is 11.1 Å². The van der Waals surface area contributed by atoms with Crippen LogP contribution < -0.4 is 0 Å². The molecular formula is C16H20O2. The molecule has 1 unspecified atom stereocenters. The van der Waals surface area contributed by atoms with Gasteiger partial charge < -0.3 is 5.11 Å². The van der Waals surface area contributed by atoms with Gasteiger partial charge >= 0.3 is 5.97 Å². The summed E-state index contributed by atoms with van der Waals surface area (Å²) in [6, 6.07) is 4.24. The van der Waals surface area contributed by atoms with E-state index in [0.717, 1.165) is 18.4 Å². The van der Waals surface area contributed by atoms with Gasteiger partial charge in [0.15, 0.2) is 0 Å². The first-order valence-corrected chi connectivity index (χ1v) is 6.58. The average molecular weight is 244 g/mol. The van der Waals surface area contributed by atoms with Gasteiger partial charge in [-0.2, -0.15) is 0 Å². The number of aryl methyl sites for hydroxylation is 2. The molecule has 1 aromatic rings. The van der Waals surface area contributed by atoms with E-state index in [0.29, 0.717) is 6.42 Å². The maximum atomic E-state index is 11.4. The SMILES string of the molecule is CCC(C(=O)O)C1=CCCc2c(C)ccc(C)c21. The molecule has 1 aliphatic rings. The number of carbonyl (C=O) groups is 1. The molecule has 18 heavy (non-hydrogen) atoms. The molecule has 1 N–H and O–H groups in total. The zero-order valence-electron chi connectivity index (χ0n) is 11.3. The molecule has 0 aromatic heterocycles. The van der Waals surface area contributed by atoms with Crippen LogP contribution in [0.4, 0.5) is 0 Å². The van der Waals surface area contributed by atoms with Crippen molar-refractivity contribution in [3.8, 4) is 0 Å². The predicted molar refractivity (Wildman–Crippen MR) is 73.6 cm³/mol. The van der Waals surface area contributed by atoms with Crippen LogP contribution in [0.3, 0.4) is 0 Å². The molecule has 0 saturated carbocycles. The smallest absolute Gasteiger partial charge is 0.310 e. The highest BCUT2D eigenvalue weighted by molar-refractivity contribution is 5.89. The lowest BCUT2D eigenvalue weighted by Crippen LogP contribution is -2.18. The monoisotopic (exact) mass is 244 g/mol. The number of rotatable bonds is 3. The van der Waals surface area contributed by atoms with E-state index in [9.17, 15) is 9.90 Å². The summed E-state index contributed by atoms with van der Waals surface area (Å²) >= 11 is 0. The number of carboxylic acid groups (broad SMARTS) is 1. The second-order valence-electron chi connectivity index (χ2n) is 5.05. The zero-order chi connectivity index (χ0) is 13.3. The lowest BCUT2D eigenvalue weighted by atomic mass is 9.79. The first-order chi connectivity index (χ1) is 8.56. The van der Waals surface area contributed by atoms with Crippen LogP contribution >= 0.6 is 0 Å². The predicted octanol–water partition coefficient (Wildman–Crippen LogP) is 3.74. The Labute approximate surface area is 108 Å². The minimum Gasteiger partial charge on any atom is -0.481 e. The molecule has 0 bridgehead atoms. The van der Waals surface area contributed by atoms with Crippen molar-refractivity contribution in [2.45, 2.75) is 40.0 Å². The molecule has 0 saturated heterocycles. The summed E-state index contributed by atoms with van der Waals surface area (Å²) in [6.45, 7) is 6.13. The van der Waals surface area contributed by atoms with E-state index in [4.69, 9.17) is 0 Å². The Morgan fingerprint density at radius 3 is 2.61 bits per heavy atom. The second-order valence-corrected chi connectivity index (χ2v) is 5.05. The molecule has 96 valence electrons. The minimum atomic E-state index is -0.711. The molecule has 2 heteroatoms. The summed E-state index contributed by atoms with van der Waals surface area (Å²) < 4.78 is 0. The maximum Gasteiger partial charge on any atom is 0.310 e. The van der Waals surface area contributed by atoms with Crippen molar-refractivity contribution in [1.82, 2.24) is 0 Å². The summed E-state index contributed by atoms with van der Waals surface area (Å²) in [5, 5.41) is 9.37. The molecule has 0 radical (unpaired) electrons. The molecule has 1 aromatic carbocycles. The Hall–Kier alpha value is -1.57. The van der Waals surface area contributed by atoms with E-state index in [2.05, 4.69) is 32.1 Å². The Morgan fingerprint density at radius 1 is 1.33 bits per heavy atom. The number of benzene rings is 1. The largest absolute Gasteiger partial charge is 0.481 e. The van der Waals surface area contributed by atoms with Crippen LogP contribution in [-0.2, 0) is 11.2 Å². The lowest BCUT2D eigenvalue weighted by Gasteiger charge is -2.25. The standard InChI is InChI=1S/C16H20O2/c1-4-12(16(17)18)14-7-5-6-13-10(2)8-9-11(3)15(13)14/h7-9,12H,4-6H2,1-3H3,(H,17,18). The number of aliphatic carboxylic acids is 1. The summed E-state index contributed by atoms with van der Waals surface area (Å²) in [5.74, 6) is -1.08. The van der Waals surface area contributed by atoms with Gasteiger partial charge in [0, 0.05) is 0 Å². The summed E-state index contributed by atoms with van der Waals surface area (Å²) in [7, 11) is 0. The van der Waals surface area contributed by atoms with E-state index in [1.807, 2.05) is 6.92 Å². The Bertz CT molecular complexity index is 512. The van der Waals surface area contributed by atoms with Crippen LogP contribution in [0.2, 0.25) is 0 Å². The first kappa shape index (κ1) is 12.9. The normalized spacial score (nSPS) is 15.8. The molecule has 2 nitrogen and oxygen atoms in total. The van der Waals surface area contributed by atoms with Crippen LogP contribution in [0.1, 0.15) is 42.0 Å². The number of allylic oxidation sites excluding steroid dienone is 1. The van der Waals surface area contributed by atoms with Crippen molar-refractivity contribution in [1.29, 1.82) is 0 Å². The van der Waals surface area contributed by atoms with Crippen molar-refractivity contribution in [2.24, 2.45) is 5.92 Å². The summed E-state index contributed by atoms with van der Waals surface area (Å²) in [5.41, 5.74) is 6.03. The molecule has 0 spiro atoms. The highest BCUT2D eigenvalue weighted by Gasteiger charge is 2.26. The number of hydrogen-bond donors (Lipinski definition) is 1. The molecule has 2 rings (SSSR count). The third kappa shape index (κ3) is 2.07. The van der Waals surface area contributed by atoms with E-state index < -0.39 is 5.97 Å². The Balaban J connectivity index is 2.58. The topological polar surface area (TPSA) is 37.3 Å². The van der Waals surface area contributed by atoms with Gasteiger partial charge in [0.25, 0.3) is 0 Å². The van der Waals surface area contributed by atoms with E-state index in [1.165, 1.54) is 22.3 Å². The lowest BCUT2D eigenvalue weighted by molar-refractivity contribution is -0.139. The van der Waals surface area contributed by atoms with Crippen molar-refractivity contribution in [3.05, 3.63) is 40.5 Å². The molecule has 0 heterocycles. The van der Waals surface area contributed by atoms with Crippen molar-refractivity contribution in [2.75, 3.05) is 0 Å². The molecule has 0 fully saturated rings. The molecular weight excluding hydrogens is 224 g/mol. The highest BCUT2D eigenvalue weighted by atomic mass is 16.4. The molecule has 0 amide bonds. The quantitative estimate of drug-likeness (QED) is 0.879. The number of fused-ring (bicyclic) bond motifs is 1. The minimum absolute atomic E-state index is 0.371. The van der Waals surface area contributed by atoms with Crippen LogP contribution in [0.15, 0.2) is 18.2 Å². The third-order valence-electron chi connectivity index (χ3n) is 3.88. The summed E-state index contributed by atoms with van der Waals surface area (Å²) in [6.07, 6.45) is 4.75. The summed E-state index contributed by atoms with van der Waals surface area (Å²) in [4.78, 5) is 11.4. The van der Waals surface area contributed by atoms with Gasteiger partial charge in [-0.25, -0.2) is 0 Å². The zero-order valence-corrected chi connectivity index (χ0v) is 11.3. The third-order valence-corrected chi connectivity index (χ3v) is 3.88. The van der Waals surface area contributed by atoms with E-state index in [1.54, 1.807) is 0 Å². The number of carboxylic acids is 1. The van der Waals surface area contributed by atoms with Gasteiger partial charge in [0.05, 0.1) is 5.92 Å². The highest BCUT2D eigenvalue weighted by Crippen LogP contribution is 2.37. The first-order valence-electron chi connectivity index (χ1n) is 6.58. The molecule has 1 aliphatic carbocycles. The van der Waals surface area contributed by atoms with Gasteiger partial charge in [0.2, 0.25) is 0 Å². The van der Waals surface area contributed by atoms with Gasteiger partial charge in [-0.1, -0.05) is 25.1 Å². The van der Waals surface area contributed by atoms with Crippen LogP contribution in [0, 0.1) is 19.8 Å². The van der Waals surface area contributed by atoms with E-state index >= 15 is 0 Å². The fourth-order valence-corrected chi connectivity index (χ4v) is 2.91. The van der Waals surface area contributed by atoms with Gasteiger partial charge in [-0.05, 0) is 60.9 Å². The average Bonchev–Trinajstić information content (AvgIpc) is 2.34. The van der Waals surface area contributed by atoms with Crippen LogP contribution in [0.5, 0.6) is 0 Å². The maximum absolute atomic E-state index is 11.4. The van der Waals surface area contributed by atoms with E-state index in [-0.39, 0.29) is 5.92 Å².